The summed E-state index contributed by atoms with van der Waals surface area (Å²) in [7, 11) is 5.99. The molecular weight excluding hydrogens is 387 g/mol. The molecule has 0 saturated carbocycles. The lowest BCUT2D eigenvalue weighted by Crippen LogP contribution is -1.98. The molecule has 1 saturated heterocycles. The highest BCUT2D eigenvalue weighted by atomic mass is 127. The van der Waals surface area contributed by atoms with E-state index in [4.69, 9.17) is 0 Å². The van der Waals surface area contributed by atoms with E-state index in [-0.39, 0.29) is 0 Å². The van der Waals surface area contributed by atoms with Gasteiger partial charge in [0.25, 0.3) is 0 Å². The van der Waals surface area contributed by atoms with Crippen LogP contribution in [0.5, 0.6) is 0 Å². The maximum Gasteiger partial charge on any atom is 0.0606 e. The van der Waals surface area contributed by atoms with Crippen molar-refractivity contribution in [3.63, 3.8) is 0 Å². The number of rotatable bonds is 5. The number of hydrogen-bond donors (Lipinski definition) is 0. The SMILES string of the molecule is ISC1CCC(CSSC2=CCCC=C2)S1. The molecule has 0 aromatic carbocycles. The van der Waals surface area contributed by atoms with Crippen LogP contribution in [0.4, 0.5) is 0 Å². The minimum atomic E-state index is 0.852. The molecule has 5 heteroatoms. The second kappa shape index (κ2) is 7.92. The quantitative estimate of drug-likeness (QED) is 0.414. The molecule has 0 radical (unpaired) electrons. The highest BCUT2D eigenvalue weighted by molar-refractivity contribution is 14.2. The van der Waals surface area contributed by atoms with Gasteiger partial charge in [0.1, 0.15) is 0 Å². The van der Waals surface area contributed by atoms with Gasteiger partial charge in [0.15, 0.2) is 0 Å². The van der Waals surface area contributed by atoms with Crippen LogP contribution in [0.1, 0.15) is 25.7 Å². The number of halogens is 1. The lowest BCUT2D eigenvalue weighted by atomic mass is 10.2. The third-order valence-corrected chi connectivity index (χ3v) is 10.5. The Labute approximate surface area is 127 Å². The summed E-state index contributed by atoms with van der Waals surface area (Å²) in [5.41, 5.74) is 0. The van der Waals surface area contributed by atoms with Crippen LogP contribution < -0.4 is 0 Å². The molecule has 1 heterocycles. The first-order valence-electron chi connectivity index (χ1n) is 5.47. The van der Waals surface area contributed by atoms with Gasteiger partial charge in [-0.25, -0.2) is 0 Å². The first-order chi connectivity index (χ1) is 7.88. The van der Waals surface area contributed by atoms with Crippen molar-refractivity contribution in [2.45, 2.75) is 35.5 Å². The molecule has 2 aliphatic rings. The lowest BCUT2D eigenvalue weighted by molar-refractivity contribution is 0.833. The first kappa shape index (κ1) is 14.0. The zero-order valence-electron chi connectivity index (χ0n) is 8.93. The van der Waals surface area contributed by atoms with Crippen molar-refractivity contribution in [3.8, 4) is 0 Å². The van der Waals surface area contributed by atoms with Crippen LogP contribution in [-0.4, -0.2) is 15.6 Å². The first-order valence-corrected chi connectivity index (χ1v) is 12.2. The Kier molecular flexibility index (Phi) is 6.94. The van der Waals surface area contributed by atoms with Crippen LogP contribution in [0.2, 0.25) is 0 Å². The summed E-state index contributed by atoms with van der Waals surface area (Å²) in [6.07, 6.45) is 12.2. The van der Waals surface area contributed by atoms with Crippen molar-refractivity contribution in [2.24, 2.45) is 0 Å². The number of hydrogen-bond acceptors (Lipinski definition) is 4. The molecule has 0 amide bonds. The van der Waals surface area contributed by atoms with Crippen molar-refractivity contribution in [3.05, 3.63) is 23.1 Å². The topological polar surface area (TPSA) is 0 Å². The van der Waals surface area contributed by atoms with Crippen LogP contribution in [0, 0.1) is 0 Å². The largest absolute Gasteiger partial charge is 0.142 e. The summed E-state index contributed by atoms with van der Waals surface area (Å²) in [4.78, 5) is 1.46. The van der Waals surface area contributed by atoms with E-state index in [0.29, 0.717) is 0 Å². The van der Waals surface area contributed by atoms with Gasteiger partial charge in [-0.1, -0.05) is 48.7 Å². The molecule has 0 spiro atoms. The Morgan fingerprint density at radius 3 is 3.00 bits per heavy atom. The second-order valence-electron chi connectivity index (χ2n) is 3.81. The zero-order valence-corrected chi connectivity index (χ0v) is 14.4. The van der Waals surface area contributed by atoms with Crippen molar-refractivity contribution in [2.75, 3.05) is 5.75 Å². The summed E-state index contributed by atoms with van der Waals surface area (Å²) < 4.78 is 0.852. The van der Waals surface area contributed by atoms with E-state index in [1.54, 1.807) is 0 Å². The number of allylic oxidation sites excluding steroid dienone is 3. The Morgan fingerprint density at radius 2 is 2.31 bits per heavy atom. The second-order valence-corrected chi connectivity index (χ2v) is 10.3. The molecule has 0 aromatic rings. The predicted octanol–water partition coefficient (Wildman–Crippen LogP) is 5.91. The Morgan fingerprint density at radius 1 is 1.38 bits per heavy atom. The fourth-order valence-electron chi connectivity index (χ4n) is 1.69. The lowest BCUT2D eigenvalue weighted by Gasteiger charge is -2.09. The van der Waals surface area contributed by atoms with E-state index >= 15 is 0 Å². The minimum absolute atomic E-state index is 0.852. The molecular formula is C11H15IS4. The predicted molar refractivity (Wildman–Crippen MR) is 92.5 cm³/mol. The van der Waals surface area contributed by atoms with E-state index in [1.807, 2.05) is 30.5 Å². The Hall–Kier alpha value is 1.61. The van der Waals surface area contributed by atoms with Gasteiger partial charge in [-0.15, -0.1) is 11.8 Å². The fraction of sp³-hybridized carbons (Fsp3) is 0.636. The van der Waals surface area contributed by atoms with Gasteiger partial charge in [-0.05, 0) is 46.9 Å². The van der Waals surface area contributed by atoms with Crippen molar-refractivity contribution in [1.82, 2.24) is 0 Å². The van der Waals surface area contributed by atoms with Crippen molar-refractivity contribution < 1.29 is 0 Å². The van der Waals surface area contributed by atoms with Gasteiger partial charge in [0, 0.05) is 15.9 Å². The van der Waals surface area contributed by atoms with Crippen molar-refractivity contribution >= 4 is 63.5 Å². The maximum atomic E-state index is 2.44. The van der Waals surface area contributed by atoms with Gasteiger partial charge in [0.05, 0.1) is 4.58 Å². The Balaban J connectivity index is 1.61. The summed E-state index contributed by atoms with van der Waals surface area (Å²) in [5, 5.41) is 0.887. The molecule has 0 N–H and O–H groups in total. The monoisotopic (exact) mass is 402 g/mol. The van der Waals surface area contributed by atoms with Crippen LogP contribution >= 0.6 is 63.5 Å². The van der Waals surface area contributed by atoms with E-state index in [9.17, 15) is 0 Å². The smallest absolute Gasteiger partial charge is 0.0606 e. The van der Waals surface area contributed by atoms with Crippen LogP contribution in [0.25, 0.3) is 0 Å². The summed E-state index contributed by atoms with van der Waals surface area (Å²) in [6, 6.07) is 0. The highest BCUT2D eigenvalue weighted by Gasteiger charge is 2.24. The molecule has 1 fully saturated rings. The maximum absolute atomic E-state index is 2.44. The molecule has 90 valence electrons. The van der Waals surface area contributed by atoms with Gasteiger partial charge >= 0.3 is 0 Å². The van der Waals surface area contributed by atoms with E-state index in [0.717, 1.165) is 9.83 Å². The van der Waals surface area contributed by atoms with Crippen LogP contribution in [0.3, 0.4) is 0 Å². The molecule has 1 aliphatic carbocycles. The Bertz CT molecular complexity index is 277. The zero-order chi connectivity index (χ0) is 11.2. The molecule has 0 nitrogen and oxygen atoms in total. The van der Waals surface area contributed by atoms with Gasteiger partial charge in [0.2, 0.25) is 0 Å². The molecule has 0 bridgehead atoms. The molecule has 16 heavy (non-hydrogen) atoms. The average Bonchev–Trinajstić information content (AvgIpc) is 2.78. The van der Waals surface area contributed by atoms with Crippen molar-refractivity contribution in [1.29, 1.82) is 0 Å². The third-order valence-electron chi connectivity index (χ3n) is 2.54. The van der Waals surface area contributed by atoms with E-state index in [1.165, 1.54) is 36.3 Å². The van der Waals surface area contributed by atoms with Crippen LogP contribution in [0.15, 0.2) is 23.1 Å². The van der Waals surface area contributed by atoms with E-state index in [2.05, 4.69) is 51.2 Å². The van der Waals surface area contributed by atoms with Gasteiger partial charge in [-0.2, -0.15) is 0 Å². The standard InChI is InChI=1S/C11H15IS4/c12-15-11-7-6-10(14-11)8-13-16-9-4-2-1-3-5-9/h2,4-5,10-11H,1,3,6-8H2. The molecule has 2 atom stereocenters. The summed E-state index contributed by atoms with van der Waals surface area (Å²) in [6.45, 7) is 0. The normalized spacial score (nSPS) is 29.4. The van der Waals surface area contributed by atoms with Gasteiger partial charge < -0.3 is 0 Å². The minimum Gasteiger partial charge on any atom is -0.142 e. The molecule has 1 aliphatic heterocycles. The number of thioether (sulfide) groups is 1. The summed E-state index contributed by atoms with van der Waals surface area (Å²) in [5.74, 6) is 1.30. The van der Waals surface area contributed by atoms with E-state index < -0.39 is 0 Å². The summed E-state index contributed by atoms with van der Waals surface area (Å²) >= 11 is 4.62. The van der Waals surface area contributed by atoms with Crippen LogP contribution in [-0.2, 0) is 0 Å². The van der Waals surface area contributed by atoms with Gasteiger partial charge in [-0.3, -0.25) is 0 Å². The highest BCUT2D eigenvalue weighted by Crippen LogP contribution is 2.45. The third kappa shape index (κ3) is 4.71. The molecule has 2 rings (SSSR count). The molecule has 2 unspecified atom stereocenters. The molecule has 0 aromatic heterocycles. The fourth-order valence-corrected chi connectivity index (χ4v) is 8.48. The average molecular weight is 402 g/mol.